The summed E-state index contributed by atoms with van der Waals surface area (Å²) in [6.07, 6.45) is 6.30. The highest BCUT2D eigenvalue weighted by Crippen LogP contribution is 2.28. The van der Waals surface area contributed by atoms with Gasteiger partial charge >= 0.3 is 5.97 Å². The first-order valence-electron chi connectivity index (χ1n) is 7.62. The topological polar surface area (TPSA) is 84.8 Å². The van der Waals surface area contributed by atoms with Crippen LogP contribution in [0.4, 0.5) is 0 Å². The van der Waals surface area contributed by atoms with Crippen molar-refractivity contribution in [3.63, 3.8) is 0 Å². The van der Waals surface area contributed by atoms with Gasteiger partial charge in [0.25, 0.3) is 0 Å². The fraction of sp³-hybridized carbons (Fsp3) is 0.111. The molecule has 26 heavy (non-hydrogen) atoms. The standard InChI is InChI=1S/C18H18N4O3S/c1-3-8-20-18(26)22-21-12-13-4-5-15(16(11-13)24-2)25-17(23)14-6-9-19-10-7-14/h3-7,9-12H,1,8H2,2H3,(H2,20,22,26)/b21-12-. The molecular weight excluding hydrogens is 352 g/mol. The second kappa shape index (κ2) is 9.90. The maximum atomic E-state index is 12.1. The number of hydrazone groups is 1. The van der Waals surface area contributed by atoms with Crippen LogP contribution < -0.4 is 20.2 Å². The summed E-state index contributed by atoms with van der Waals surface area (Å²) >= 11 is 5.03. The van der Waals surface area contributed by atoms with E-state index in [-0.39, 0.29) is 0 Å². The summed E-state index contributed by atoms with van der Waals surface area (Å²) in [5.41, 5.74) is 3.82. The lowest BCUT2D eigenvalue weighted by Gasteiger charge is -2.10. The molecule has 1 heterocycles. The highest BCUT2D eigenvalue weighted by atomic mass is 32.1. The Hall–Kier alpha value is -3.26. The third kappa shape index (κ3) is 5.67. The SMILES string of the molecule is C=CCNC(=S)N/N=C\c1ccc(OC(=O)c2ccncc2)c(OC)c1. The number of aromatic nitrogens is 1. The molecule has 0 fully saturated rings. The fourth-order valence-corrected chi connectivity index (χ4v) is 2.00. The fourth-order valence-electron chi connectivity index (χ4n) is 1.87. The van der Waals surface area contributed by atoms with Gasteiger partial charge in [0, 0.05) is 18.9 Å². The van der Waals surface area contributed by atoms with Gasteiger partial charge in [-0.3, -0.25) is 10.4 Å². The van der Waals surface area contributed by atoms with Crippen LogP contribution >= 0.6 is 12.2 Å². The van der Waals surface area contributed by atoms with Crippen molar-refractivity contribution in [1.82, 2.24) is 15.7 Å². The Bertz CT molecular complexity index is 809. The molecule has 0 spiro atoms. The summed E-state index contributed by atoms with van der Waals surface area (Å²) in [4.78, 5) is 16.0. The third-order valence-corrected chi connectivity index (χ3v) is 3.33. The van der Waals surface area contributed by atoms with Crippen molar-refractivity contribution in [3.8, 4) is 11.5 Å². The Labute approximate surface area is 156 Å². The lowest BCUT2D eigenvalue weighted by Crippen LogP contribution is -2.31. The van der Waals surface area contributed by atoms with Crippen molar-refractivity contribution in [1.29, 1.82) is 0 Å². The van der Waals surface area contributed by atoms with Crippen molar-refractivity contribution < 1.29 is 14.3 Å². The molecule has 2 aromatic rings. The van der Waals surface area contributed by atoms with E-state index in [0.29, 0.717) is 28.7 Å². The number of benzene rings is 1. The molecule has 0 bridgehead atoms. The van der Waals surface area contributed by atoms with Crippen molar-refractivity contribution in [2.45, 2.75) is 0 Å². The maximum absolute atomic E-state index is 12.1. The first-order valence-corrected chi connectivity index (χ1v) is 8.03. The Morgan fingerprint density at radius 1 is 1.31 bits per heavy atom. The van der Waals surface area contributed by atoms with Crippen LogP contribution in [-0.2, 0) is 0 Å². The molecule has 0 aliphatic carbocycles. The Balaban J connectivity index is 2.03. The predicted molar refractivity (Wildman–Crippen MR) is 104 cm³/mol. The first-order chi connectivity index (χ1) is 12.6. The average molecular weight is 370 g/mol. The number of pyridine rings is 1. The summed E-state index contributed by atoms with van der Waals surface area (Å²) in [7, 11) is 1.49. The van der Waals surface area contributed by atoms with E-state index in [4.69, 9.17) is 21.7 Å². The van der Waals surface area contributed by atoms with Crippen molar-refractivity contribution in [2.75, 3.05) is 13.7 Å². The van der Waals surface area contributed by atoms with Gasteiger partial charge in [-0.25, -0.2) is 4.79 Å². The van der Waals surface area contributed by atoms with Crippen LogP contribution in [0.25, 0.3) is 0 Å². The number of hydrogen-bond donors (Lipinski definition) is 2. The van der Waals surface area contributed by atoms with Crippen molar-refractivity contribution >= 4 is 29.5 Å². The zero-order valence-electron chi connectivity index (χ0n) is 14.1. The monoisotopic (exact) mass is 370 g/mol. The Kier molecular flexibility index (Phi) is 7.26. The van der Waals surface area contributed by atoms with Crippen molar-refractivity contribution in [3.05, 3.63) is 66.5 Å². The zero-order valence-corrected chi connectivity index (χ0v) is 15.0. The number of rotatable bonds is 7. The molecule has 2 N–H and O–H groups in total. The average Bonchev–Trinajstić information content (AvgIpc) is 2.68. The van der Waals surface area contributed by atoms with Gasteiger partial charge in [0.15, 0.2) is 16.6 Å². The summed E-state index contributed by atoms with van der Waals surface area (Å²) < 4.78 is 10.7. The summed E-state index contributed by atoms with van der Waals surface area (Å²) in [6, 6.07) is 8.22. The van der Waals surface area contributed by atoms with Crippen LogP contribution in [0.2, 0.25) is 0 Å². The zero-order chi connectivity index (χ0) is 18.8. The van der Waals surface area contributed by atoms with Gasteiger partial charge < -0.3 is 14.8 Å². The minimum Gasteiger partial charge on any atom is -0.493 e. The molecule has 2 rings (SSSR count). The van der Waals surface area contributed by atoms with Gasteiger partial charge in [0.2, 0.25) is 0 Å². The van der Waals surface area contributed by atoms with E-state index in [9.17, 15) is 4.79 Å². The first kappa shape index (κ1) is 19.1. The molecule has 7 nitrogen and oxygen atoms in total. The number of thiocarbonyl (C=S) groups is 1. The van der Waals surface area contributed by atoms with E-state index in [0.717, 1.165) is 5.56 Å². The van der Waals surface area contributed by atoms with Crippen LogP contribution in [0.5, 0.6) is 11.5 Å². The van der Waals surface area contributed by atoms with Gasteiger partial charge in [-0.15, -0.1) is 6.58 Å². The molecule has 0 amide bonds. The molecule has 0 saturated heterocycles. The van der Waals surface area contributed by atoms with E-state index < -0.39 is 5.97 Å². The largest absolute Gasteiger partial charge is 0.493 e. The van der Waals surface area contributed by atoms with Crippen LogP contribution in [0.3, 0.4) is 0 Å². The molecule has 0 aliphatic rings. The number of carbonyl (C=O) groups excluding carboxylic acids is 1. The van der Waals surface area contributed by atoms with E-state index in [1.807, 2.05) is 0 Å². The number of methoxy groups -OCH3 is 1. The van der Waals surface area contributed by atoms with Crippen LogP contribution in [0.1, 0.15) is 15.9 Å². The minimum atomic E-state index is -0.493. The lowest BCUT2D eigenvalue weighted by molar-refractivity contribution is 0.0729. The second-order valence-corrected chi connectivity index (χ2v) is 5.31. The Morgan fingerprint density at radius 2 is 2.08 bits per heavy atom. The molecule has 0 radical (unpaired) electrons. The van der Waals surface area contributed by atoms with E-state index >= 15 is 0 Å². The number of nitrogens with one attached hydrogen (secondary N) is 2. The highest BCUT2D eigenvalue weighted by molar-refractivity contribution is 7.80. The van der Waals surface area contributed by atoms with Gasteiger partial charge in [-0.05, 0) is 48.1 Å². The van der Waals surface area contributed by atoms with Crippen LogP contribution in [0, 0.1) is 0 Å². The van der Waals surface area contributed by atoms with E-state index in [1.54, 1.807) is 42.6 Å². The number of ether oxygens (including phenoxy) is 2. The molecule has 0 aliphatic heterocycles. The Morgan fingerprint density at radius 3 is 2.77 bits per heavy atom. The van der Waals surface area contributed by atoms with Gasteiger partial charge in [-0.2, -0.15) is 5.10 Å². The minimum absolute atomic E-state index is 0.308. The molecule has 134 valence electrons. The van der Waals surface area contributed by atoms with Crippen LogP contribution in [0.15, 0.2) is 60.5 Å². The summed E-state index contributed by atoms with van der Waals surface area (Å²) in [5, 5.41) is 7.30. The summed E-state index contributed by atoms with van der Waals surface area (Å²) in [5.74, 6) is 0.221. The quantitative estimate of drug-likeness (QED) is 0.193. The van der Waals surface area contributed by atoms with E-state index in [2.05, 4.69) is 27.4 Å². The highest BCUT2D eigenvalue weighted by Gasteiger charge is 2.12. The number of hydrogen-bond acceptors (Lipinski definition) is 6. The predicted octanol–water partition coefficient (Wildman–Crippen LogP) is 2.29. The molecule has 8 heteroatoms. The number of esters is 1. The van der Waals surface area contributed by atoms with Crippen molar-refractivity contribution in [2.24, 2.45) is 5.10 Å². The van der Waals surface area contributed by atoms with Gasteiger partial charge in [0.1, 0.15) is 0 Å². The molecule has 0 unspecified atom stereocenters. The third-order valence-electron chi connectivity index (χ3n) is 3.09. The molecule has 0 atom stereocenters. The van der Waals surface area contributed by atoms with E-state index in [1.165, 1.54) is 19.5 Å². The van der Waals surface area contributed by atoms with Crippen LogP contribution in [-0.4, -0.2) is 35.9 Å². The second-order valence-electron chi connectivity index (χ2n) is 4.90. The van der Waals surface area contributed by atoms with Gasteiger partial charge in [-0.1, -0.05) is 6.08 Å². The lowest BCUT2D eigenvalue weighted by atomic mass is 10.2. The molecular formula is C18H18N4O3S. The smallest absolute Gasteiger partial charge is 0.343 e. The summed E-state index contributed by atoms with van der Waals surface area (Å²) in [6.45, 7) is 4.13. The number of nitrogens with zero attached hydrogens (tertiary/aromatic N) is 2. The van der Waals surface area contributed by atoms with Gasteiger partial charge in [0.05, 0.1) is 18.9 Å². The number of carbonyl (C=O) groups is 1. The maximum Gasteiger partial charge on any atom is 0.343 e. The normalized spacial score (nSPS) is 10.2. The molecule has 0 saturated carbocycles. The molecule has 1 aromatic carbocycles. The molecule has 1 aromatic heterocycles.